The summed E-state index contributed by atoms with van der Waals surface area (Å²) in [7, 11) is 0. The van der Waals surface area contributed by atoms with E-state index in [9.17, 15) is 9.59 Å². The predicted molar refractivity (Wildman–Crippen MR) is 70.2 cm³/mol. The number of aliphatic carboxylic acids is 2. The highest BCUT2D eigenvalue weighted by Gasteiger charge is 2.21. The number of carbonyl (C=O) groups is 2. The van der Waals surface area contributed by atoms with Crippen LogP contribution in [0.2, 0.25) is 0 Å². The standard InChI is InChI=1S/C12H20O6S/c13-10(14)7-9(12(15)16)8-19-6-5-18-11-3-1-2-4-17-11/h9,11H,1-8H2,(H,13,14)(H,15,16). The molecule has 110 valence electrons. The highest BCUT2D eigenvalue weighted by atomic mass is 32.2. The van der Waals surface area contributed by atoms with Crippen molar-refractivity contribution >= 4 is 23.7 Å². The van der Waals surface area contributed by atoms with E-state index in [4.69, 9.17) is 19.7 Å². The molecule has 19 heavy (non-hydrogen) atoms. The Morgan fingerprint density at radius 1 is 1.37 bits per heavy atom. The molecule has 6 nitrogen and oxygen atoms in total. The summed E-state index contributed by atoms with van der Waals surface area (Å²) >= 11 is 1.40. The molecule has 0 spiro atoms. The first kappa shape index (κ1) is 16.3. The van der Waals surface area contributed by atoms with Gasteiger partial charge in [-0.1, -0.05) is 0 Å². The van der Waals surface area contributed by atoms with E-state index in [0.717, 1.165) is 25.9 Å². The van der Waals surface area contributed by atoms with Crippen LogP contribution in [0.5, 0.6) is 0 Å². The maximum atomic E-state index is 10.8. The molecule has 2 atom stereocenters. The van der Waals surface area contributed by atoms with Crippen LogP contribution in [-0.2, 0) is 19.1 Å². The fourth-order valence-electron chi connectivity index (χ4n) is 1.74. The number of carboxylic acid groups (broad SMARTS) is 2. The number of hydrogen-bond acceptors (Lipinski definition) is 5. The lowest BCUT2D eigenvalue weighted by Crippen LogP contribution is -2.24. The van der Waals surface area contributed by atoms with Gasteiger partial charge in [-0.25, -0.2) is 0 Å². The van der Waals surface area contributed by atoms with Gasteiger partial charge in [0.05, 0.1) is 18.9 Å². The summed E-state index contributed by atoms with van der Waals surface area (Å²) in [6, 6.07) is 0. The molecular weight excluding hydrogens is 272 g/mol. The Labute approximate surface area is 116 Å². The third-order valence-electron chi connectivity index (χ3n) is 2.76. The van der Waals surface area contributed by atoms with Crippen molar-refractivity contribution in [3.63, 3.8) is 0 Å². The zero-order valence-electron chi connectivity index (χ0n) is 10.7. The van der Waals surface area contributed by atoms with Gasteiger partial charge in [-0.2, -0.15) is 11.8 Å². The van der Waals surface area contributed by atoms with E-state index >= 15 is 0 Å². The summed E-state index contributed by atoms with van der Waals surface area (Å²) in [5, 5.41) is 17.4. The van der Waals surface area contributed by atoms with E-state index in [1.807, 2.05) is 0 Å². The minimum absolute atomic E-state index is 0.136. The van der Waals surface area contributed by atoms with Crippen molar-refractivity contribution in [3.05, 3.63) is 0 Å². The first-order valence-electron chi connectivity index (χ1n) is 6.35. The lowest BCUT2D eigenvalue weighted by atomic mass is 10.1. The Kier molecular flexibility index (Phi) is 7.85. The average molecular weight is 292 g/mol. The lowest BCUT2D eigenvalue weighted by molar-refractivity contribution is -0.158. The summed E-state index contributed by atoms with van der Waals surface area (Å²) in [6.07, 6.45) is 2.61. The van der Waals surface area contributed by atoms with Crippen LogP contribution in [0.3, 0.4) is 0 Å². The fourth-order valence-corrected chi connectivity index (χ4v) is 2.66. The van der Waals surface area contributed by atoms with Crippen LogP contribution in [0.4, 0.5) is 0 Å². The van der Waals surface area contributed by atoms with Gasteiger partial charge >= 0.3 is 11.9 Å². The molecule has 0 radical (unpaired) electrons. The van der Waals surface area contributed by atoms with Crippen molar-refractivity contribution < 1.29 is 29.3 Å². The summed E-state index contributed by atoms with van der Waals surface area (Å²) < 4.78 is 10.9. The second-order valence-corrected chi connectivity index (χ2v) is 5.52. The minimum atomic E-state index is -1.08. The molecule has 1 rings (SSSR count). The molecule has 1 aliphatic heterocycles. The highest BCUT2D eigenvalue weighted by molar-refractivity contribution is 7.99. The van der Waals surface area contributed by atoms with Gasteiger partial charge in [0.15, 0.2) is 6.29 Å². The van der Waals surface area contributed by atoms with Crippen molar-refractivity contribution in [1.29, 1.82) is 0 Å². The molecule has 2 unspecified atom stereocenters. The van der Waals surface area contributed by atoms with Gasteiger partial charge in [0.2, 0.25) is 0 Å². The molecule has 1 fully saturated rings. The summed E-state index contributed by atoms with van der Waals surface area (Å²) in [5.74, 6) is -2.06. The molecule has 0 aliphatic carbocycles. The second-order valence-electron chi connectivity index (χ2n) is 4.37. The van der Waals surface area contributed by atoms with Crippen molar-refractivity contribution in [2.75, 3.05) is 24.7 Å². The normalized spacial score (nSPS) is 20.9. The summed E-state index contributed by atoms with van der Waals surface area (Å²) in [5.41, 5.74) is 0. The Balaban J connectivity index is 2.07. The number of rotatable bonds is 9. The van der Waals surface area contributed by atoms with E-state index in [0.29, 0.717) is 12.4 Å². The monoisotopic (exact) mass is 292 g/mol. The second kappa shape index (κ2) is 9.17. The van der Waals surface area contributed by atoms with Gasteiger partial charge in [-0.3, -0.25) is 9.59 Å². The van der Waals surface area contributed by atoms with Crippen LogP contribution in [0, 0.1) is 5.92 Å². The minimum Gasteiger partial charge on any atom is -0.481 e. The topological polar surface area (TPSA) is 93.1 Å². The third-order valence-corrected chi connectivity index (χ3v) is 3.85. The quantitative estimate of drug-likeness (QED) is 0.621. The van der Waals surface area contributed by atoms with Gasteiger partial charge in [0.25, 0.3) is 0 Å². The van der Waals surface area contributed by atoms with E-state index in [2.05, 4.69) is 0 Å². The molecule has 2 N–H and O–H groups in total. The first-order chi connectivity index (χ1) is 9.09. The molecule has 7 heteroatoms. The van der Waals surface area contributed by atoms with Crippen LogP contribution in [0.15, 0.2) is 0 Å². The molecule has 0 saturated carbocycles. The smallest absolute Gasteiger partial charge is 0.307 e. The largest absolute Gasteiger partial charge is 0.481 e. The van der Waals surface area contributed by atoms with Crippen LogP contribution < -0.4 is 0 Å². The van der Waals surface area contributed by atoms with E-state index < -0.39 is 17.9 Å². The molecule has 1 aliphatic rings. The van der Waals surface area contributed by atoms with E-state index in [-0.39, 0.29) is 18.5 Å². The van der Waals surface area contributed by atoms with Gasteiger partial charge in [0.1, 0.15) is 0 Å². The molecule has 0 aromatic rings. The number of hydrogen-bond donors (Lipinski definition) is 2. The summed E-state index contributed by atoms with van der Waals surface area (Å²) in [6.45, 7) is 1.23. The molecule has 1 saturated heterocycles. The van der Waals surface area contributed by atoms with Crippen LogP contribution in [0.1, 0.15) is 25.7 Å². The lowest BCUT2D eigenvalue weighted by Gasteiger charge is -2.22. The average Bonchev–Trinajstić information content (AvgIpc) is 2.37. The Morgan fingerprint density at radius 2 is 2.16 bits per heavy atom. The zero-order valence-corrected chi connectivity index (χ0v) is 11.6. The maximum absolute atomic E-state index is 10.8. The van der Waals surface area contributed by atoms with Crippen molar-refractivity contribution in [1.82, 2.24) is 0 Å². The predicted octanol–water partition coefficient (Wildman–Crippen LogP) is 1.44. The van der Waals surface area contributed by atoms with E-state index in [1.54, 1.807) is 0 Å². The Hall–Kier alpha value is -0.790. The van der Waals surface area contributed by atoms with Crippen LogP contribution in [-0.4, -0.2) is 53.2 Å². The van der Waals surface area contributed by atoms with Gasteiger partial charge in [-0.05, 0) is 19.3 Å². The molecule has 0 aromatic carbocycles. The molecule has 0 amide bonds. The van der Waals surface area contributed by atoms with E-state index in [1.165, 1.54) is 11.8 Å². The van der Waals surface area contributed by atoms with Crippen molar-refractivity contribution in [2.24, 2.45) is 5.92 Å². The SMILES string of the molecule is O=C(O)CC(CSCCOC1CCCCO1)C(=O)O. The number of thioether (sulfide) groups is 1. The zero-order chi connectivity index (χ0) is 14.1. The number of ether oxygens (including phenoxy) is 2. The Morgan fingerprint density at radius 3 is 2.74 bits per heavy atom. The summed E-state index contributed by atoms with van der Waals surface area (Å²) in [4.78, 5) is 21.3. The van der Waals surface area contributed by atoms with Crippen LogP contribution in [0.25, 0.3) is 0 Å². The van der Waals surface area contributed by atoms with Crippen molar-refractivity contribution in [2.45, 2.75) is 32.0 Å². The molecular formula is C12H20O6S. The van der Waals surface area contributed by atoms with Crippen molar-refractivity contribution in [3.8, 4) is 0 Å². The molecule has 0 bridgehead atoms. The van der Waals surface area contributed by atoms with Gasteiger partial charge < -0.3 is 19.7 Å². The fraction of sp³-hybridized carbons (Fsp3) is 0.833. The van der Waals surface area contributed by atoms with Gasteiger partial charge in [-0.15, -0.1) is 0 Å². The Bertz CT molecular complexity index is 290. The van der Waals surface area contributed by atoms with Crippen LogP contribution >= 0.6 is 11.8 Å². The number of carboxylic acids is 2. The highest BCUT2D eigenvalue weighted by Crippen LogP contribution is 2.16. The van der Waals surface area contributed by atoms with Gasteiger partial charge in [0, 0.05) is 18.1 Å². The first-order valence-corrected chi connectivity index (χ1v) is 7.50. The molecule has 0 aromatic heterocycles. The third kappa shape index (κ3) is 7.39. The maximum Gasteiger partial charge on any atom is 0.307 e. The molecule has 1 heterocycles.